The molecular weight excluding hydrogens is 470 g/mol. The number of esters is 1. The van der Waals surface area contributed by atoms with E-state index < -0.39 is 5.97 Å². The fraction of sp³-hybridized carbons (Fsp3) is 0.464. The fourth-order valence-corrected chi connectivity index (χ4v) is 4.26. The minimum atomic E-state index is -0.439. The molecule has 0 bridgehead atoms. The van der Waals surface area contributed by atoms with Crippen LogP contribution in [0.4, 0.5) is 5.69 Å². The summed E-state index contributed by atoms with van der Waals surface area (Å²) in [5, 5.41) is 9.80. The van der Waals surface area contributed by atoms with Gasteiger partial charge in [-0.25, -0.2) is 9.80 Å². The van der Waals surface area contributed by atoms with E-state index in [4.69, 9.17) is 4.74 Å². The number of benzene rings is 2. The van der Waals surface area contributed by atoms with Crippen molar-refractivity contribution in [1.29, 1.82) is 0 Å². The molecule has 1 heterocycles. The molecule has 2 aromatic rings. The topological polar surface area (TPSA) is 94.2 Å². The number of carbonyl (C=O) groups excluding carboxylic acids is 3. The first-order chi connectivity index (χ1) is 17.7. The third-order valence-electron chi connectivity index (χ3n) is 6.33. The lowest BCUT2D eigenvalue weighted by atomic mass is 10.1. The minimum Gasteiger partial charge on any atom is -0.462 e. The molecule has 0 saturated heterocycles. The molecule has 1 aliphatic heterocycles. The molecule has 0 radical (unpaired) electrons. The smallest absolute Gasteiger partial charge is 0.338 e. The van der Waals surface area contributed by atoms with Crippen LogP contribution in [0.1, 0.15) is 47.8 Å². The maximum atomic E-state index is 13.4. The predicted molar refractivity (Wildman–Crippen MR) is 144 cm³/mol. The van der Waals surface area contributed by atoms with Gasteiger partial charge in [-0.3, -0.25) is 14.6 Å². The van der Waals surface area contributed by atoms with E-state index in [9.17, 15) is 14.4 Å². The van der Waals surface area contributed by atoms with Crippen LogP contribution in [0.2, 0.25) is 0 Å². The van der Waals surface area contributed by atoms with Gasteiger partial charge in [-0.15, -0.1) is 0 Å². The summed E-state index contributed by atoms with van der Waals surface area (Å²) in [6.07, 6.45) is 0. The predicted octanol–water partition coefficient (Wildman–Crippen LogP) is 2.48. The summed E-state index contributed by atoms with van der Waals surface area (Å²) in [6, 6.07) is 13.7. The van der Waals surface area contributed by atoms with Crippen molar-refractivity contribution in [2.45, 2.75) is 46.8 Å². The van der Waals surface area contributed by atoms with Gasteiger partial charge in [-0.05, 0) is 42.7 Å². The molecule has 200 valence electrons. The zero-order chi connectivity index (χ0) is 26.9. The summed E-state index contributed by atoms with van der Waals surface area (Å²) in [5.74, 6) is -0.787. The largest absolute Gasteiger partial charge is 0.462 e. The highest BCUT2D eigenvalue weighted by molar-refractivity contribution is 5.92. The number of carbonyl (C=O) groups is 3. The molecule has 0 aliphatic carbocycles. The number of rotatable bonds is 12. The Kier molecular flexibility index (Phi) is 10.0. The number of hydrogen-bond acceptors (Lipinski definition) is 7. The van der Waals surface area contributed by atoms with Crippen LogP contribution in [-0.2, 0) is 27.4 Å². The first kappa shape index (κ1) is 28.1. The first-order valence-corrected chi connectivity index (χ1v) is 12.8. The van der Waals surface area contributed by atoms with Gasteiger partial charge in [0.25, 0.3) is 5.91 Å². The van der Waals surface area contributed by atoms with Crippen LogP contribution in [0.3, 0.4) is 0 Å². The third kappa shape index (κ3) is 7.77. The Labute approximate surface area is 219 Å². The van der Waals surface area contributed by atoms with Crippen LogP contribution in [-0.4, -0.2) is 73.7 Å². The number of likely N-dealkylation sites (N-methyl/N-ethyl adjacent to an activating group) is 1. The second-order valence-electron chi connectivity index (χ2n) is 9.55. The van der Waals surface area contributed by atoms with Crippen molar-refractivity contribution in [3.63, 3.8) is 0 Å². The molecule has 3 rings (SSSR count). The summed E-state index contributed by atoms with van der Waals surface area (Å²) < 4.78 is 5.16. The molecule has 0 aromatic heterocycles. The van der Waals surface area contributed by atoms with Crippen molar-refractivity contribution in [3.8, 4) is 0 Å². The standard InChI is InChI=1S/C28H39N5O4/c1-6-37-28(36)22-12-11-21(4)25(15-22)32(18-26(34)30-14-13-29-20(2)3)19-27(35)31(5)33-16-23-9-7-8-10-24(23)17-33/h7-12,15,20,29H,6,13-14,16-19H2,1-5H3,(H,30,34). The van der Waals surface area contributed by atoms with E-state index in [2.05, 4.69) is 22.8 Å². The maximum Gasteiger partial charge on any atom is 0.338 e. The average molecular weight is 510 g/mol. The molecule has 0 fully saturated rings. The van der Waals surface area contributed by atoms with E-state index in [0.29, 0.717) is 43.5 Å². The van der Waals surface area contributed by atoms with Crippen LogP contribution < -0.4 is 15.5 Å². The molecule has 2 aromatic carbocycles. The third-order valence-corrected chi connectivity index (χ3v) is 6.33. The molecule has 1 aliphatic rings. The van der Waals surface area contributed by atoms with E-state index in [1.54, 1.807) is 36.0 Å². The zero-order valence-corrected chi connectivity index (χ0v) is 22.5. The quantitative estimate of drug-likeness (QED) is 0.335. The van der Waals surface area contributed by atoms with Gasteiger partial charge in [0.05, 0.1) is 25.3 Å². The highest BCUT2D eigenvalue weighted by Gasteiger charge is 2.27. The van der Waals surface area contributed by atoms with E-state index in [0.717, 1.165) is 5.56 Å². The lowest BCUT2D eigenvalue weighted by Gasteiger charge is -2.32. The fourth-order valence-electron chi connectivity index (χ4n) is 4.26. The Hall–Kier alpha value is -3.43. The first-order valence-electron chi connectivity index (χ1n) is 12.8. The van der Waals surface area contributed by atoms with E-state index in [-0.39, 0.29) is 31.5 Å². The van der Waals surface area contributed by atoms with Gasteiger partial charge < -0.3 is 20.3 Å². The van der Waals surface area contributed by atoms with Crippen LogP contribution in [0, 0.1) is 6.92 Å². The maximum absolute atomic E-state index is 13.4. The lowest BCUT2D eigenvalue weighted by molar-refractivity contribution is -0.145. The van der Waals surface area contributed by atoms with Crippen molar-refractivity contribution in [2.24, 2.45) is 0 Å². The van der Waals surface area contributed by atoms with Gasteiger partial charge >= 0.3 is 5.97 Å². The van der Waals surface area contributed by atoms with E-state index >= 15 is 0 Å². The monoisotopic (exact) mass is 509 g/mol. The zero-order valence-electron chi connectivity index (χ0n) is 22.5. The SMILES string of the molecule is CCOC(=O)c1ccc(C)c(N(CC(=O)NCCNC(C)C)CC(=O)N(C)N2Cc3ccccc3C2)c1. The van der Waals surface area contributed by atoms with Crippen molar-refractivity contribution in [3.05, 3.63) is 64.7 Å². The van der Waals surface area contributed by atoms with Gasteiger partial charge in [0.1, 0.15) is 0 Å². The van der Waals surface area contributed by atoms with Crippen LogP contribution in [0.5, 0.6) is 0 Å². The molecule has 2 amide bonds. The number of anilines is 1. The Morgan fingerprint density at radius 1 is 1.03 bits per heavy atom. The highest BCUT2D eigenvalue weighted by atomic mass is 16.5. The number of hydrogen-bond donors (Lipinski definition) is 2. The number of aryl methyl sites for hydroxylation is 1. The van der Waals surface area contributed by atoms with Gasteiger partial charge in [0.2, 0.25) is 5.91 Å². The van der Waals surface area contributed by atoms with Crippen LogP contribution in [0.15, 0.2) is 42.5 Å². The summed E-state index contributed by atoms with van der Waals surface area (Å²) in [5.41, 5.74) is 4.28. The molecule has 0 unspecified atom stereocenters. The molecular formula is C28H39N5O4. The second kappa shape index (κ2) is 13.2. The summed E-state index contributed by atoms with van der Waals surface area (Å²) in [4.78, 5) is 40.4. The van der Waals surface area contributed by atoms with E-state index in [1.807, 2.05) is 44.0 Å². The van der Waals surface area contributed by atoms with Crippen molar-refractivity contribution in [2.75, 3.05) is 44.7 Å². The van der Waals surface area contributed by atoms with Crippen LogP contribution in [0.25, 0.3) is 0 Å². The lowest BCUT2D eigenvalue weighted by Crippen LogP contribution is -2.48. The van der Waals surface area contributed by atoms with Crippen molar-refractivity contribution >= 4 is 23.5 Å². The number of amides is 2. The summed E-state index contributed by atoms with van der Waals surface area (Å²) >= 11 is 0. The summed E-state index contributed by atoms with van der Waals surface area (Å²) in [7, 11) is 1.76. The summed E-state index contributed by atoms with van der Waals surface area (Å²) in [6.45, 7) is 10.4. The van der Waals surface area contributed by atoms with Gasteiger partial charge in [-0.2, -0.15) is 0 Å². The Morgan fingerprint density at radius 2 is 1.70 bits per heavy atom. The van der Waals surface area contributed by atoms with Gasteiger partial charge in [0, 0.05) is 45.0 Å². The van der Waals surface area contributed by atoms with Crippen molar-refractivity contribution < 1.29 is 19.1 Å². The Balaban J connectivity index is 1.76. The normalized spacial score (nSPS) is 12.8. The molecule has 9 nitrogen and oxygen atoms in total. The molecule has 2 N–H and O–H groups in total. The number of hydrazine groups is 1. The molecule has 9 heteroatoms. The number of ether oxygens (including phenoxy) is 1. The molecule has 0 spiro atoms. The Bertz CT molecular complexity index is 1080. The van der Waals surface area contributed by atoms with Crippen LogP contribution >= 0.6 is 0 Å². The van der Waals surface area contributed by atoms with Gasteiger partial charge in [-0.1, -0.05) is 44.2 Å². The molecule has 0 atom stereocenters. The number of nitrogens with one attached hydrogen (secondary N) is 2. The average Bonchev–Trinajstić information content (AvgIpc) is 3.30. The molecule has 37 heavy (non-hydrogen) atoms. The van der Waals surface area contributed by atoms with Gasteiger partial charge in [0.15, 0.2) is 0 Å². The number of nitrogens with zero attached hydrogens (tertiary/aromatic N) is 3. The number of fused-ring (bicyclic) bond motifs is 1. The minimum absolute atomic E-state index is 0.0192. The Morgan fingerprint density at radius 3 is 2.32 bits per heavy atom. The van der Waals surface area contributed by atoms with Crippen molar-refractivity contribution in [1.82, 2.24) is 20.7 Å². The highest BCUT2D eigenvalue weighted by Crippen LogP contribution is 2.25. The molecule has 0 saturated carbocycles. The van der Waals surface area contributed by atoms with E-state index in [1.165, 1.54) is 11.1 Å². The second-order valence-corrected chi connectivity index (χ2v) is 9.55.